The van der Waals surface area contributed by atoms with Crippen molar-refractivity contribution in [3.8, 4) is 0 Å². The number of carbonyl (C=O) groups is 1. The molecular formula is C17H17BrN2O2. The molecule has 0 spiro atoms. The van der Waals surface area contributed by atoms with Crippen LogP contribution in [-0.2, 0) is 16.1 Å². The molecule has 0 saturated carbocycles. The molecule has 0 aliphatic heterocycles. The molecule has 0 aromatic heterocycles. The van der Waals surface area contributed by atoms with Crippen LogP contribution in [0.1, 0.15) is 24.0 Å². The fourth-order valence-electron chi connectivity index (χ4n) is 1.90. The van der Waals surface area contributed by atoms with E-state index in [1.807, 2.05) is 42.5 Å². The maximum Gasteiger partial charge on any atom is 0.335 e. The summed E-state index contributed by atoms with van der Waals surface area (Å²) in [6, 6.07) is 17.3. The van der Waals surface area contributed by atoms with Gasteiger partial charge in [-0.25, -0.2) is 4.79 Å². The third-order valence-corrected chi connectivity index (χ3v) is 3.60. The molecule has 0 atom stereocenters. The molecule has 0 heterocycles. The van der Waals surface area contributed by atoms with Crippen molar-refractivity contribution in [1.29, 1.82) is 0 Å². The number of halogens is 1. The Bertz CT molecular complexity index is 639. The second-order valence-electron chi connectivity index (χ2n) is 4.79. The Kier molecular flexibility index (Phi) is 6.15. The van der Waals surface area contributed by atoms with Crippen LogP contribution >= 0.6 is 15.9 Å². The van der Waals surface area contributed by atoms with Crippen molar-refractivity contribution in [2.24, 2.45) is 10.9 Å². The van der Waals surface area contributed by atoms with Gasteiger partial charge in [-0.2, -0.15) is 0 Å². The van der Waals surface area contributed by atoms with Crippen molar-refractivity contribution in [2.75, 3.05) is 0 Å². The first-order valence-corrected chi connectivity index (χ1v) is 7.77. The monoisotopic (exact) mass is 360 g/mol. The number of nitrogens with two attached hydrogens (primary N) is 1. The first kappa shape index (κ1) is 16.2. The summed E-state index contributed by atoms with van der Waals surface area (Å²) in [5.74, 6) is -0.195. The largest absolute Gasteiger partial charge is 0.380 e. The Morgan fingerprint density at radius 3 is 2.45 bits per heavy atom. The predicted molar refractivity (Wildman–Crippen MR) is 90.3 cm³/mol. The Morgan fingerprint density at radius 2 is 1.77 bits per heavy atom. The third kappa shape index (κ3) is 5.33. The van der Waals surface area contributed by atoms with Crippen molar-refractivity contribution in [2.45, 2.75) is 19.3 Å². The van der Waals surface area contributed by atoms with Gasteiger partial charge < -0.3 is 10.6 Å². The molecule has 2 rings (SSSR count). The van der Waals surface area contributed by atoms with E-state index in [9.17, 15) is 4.79 Å². The van der Waals surface area contributed by atoms with Gasteiger partial charge in [-0.3, -0.25) is 0 Å². The lowest BCUT2D eigenvalue weighted by Gasteiger charge is -2.02. The van der Waals surface area contributed by atoms with Gasteiger partial charge in [0.1, 0.15) is 0 Å². The van der Waals surface area contributed by atoms with Gasteiger partial charge in [0, 0.05) is 16.5 Å². The molecule has 0 unspecified atom stereocenters. The molecule has 2 N–H and O–H groups in total. The molecular weight excluding hydrogens is 344 g/mol. The van der Waals surface area contributed by atoms with Crippen molar-refractivity contribution in [3.63, 3.8) is 0 Å². The number of hydrogen-bond donors (Lipinski definition) is 1. The van der Waals surface area contributed by atoms with Crippen LogP contribution in [0.3, 0.4) is 0 Å². The first-order valence-electron chi connectivity index (χ1n) is 6.98. The van der Waals surface area contributed by atoms with Crippen LogP contribution in [0.4, 0.5) is 0 Å². The Balaban J connectivity index is 1.77. The van der Waals surface area contributed by atoms with Gasteiger partial charge >= 0.3 is 5.97 Å². The summed E-state index contributed by atoms with van der Waals surface area (Å²) in [6.07, 6.45) is 1.87. The van der Waals surface area contributed by atoms with Crippen LogP contribution < -0.4 is 5.73 Å². The number of rotatable bonds is 6. The highest BCUT2D eigenvalue weighted by atomic mass is 79.9. The summed E-state index contributed by atoms with van der Waals surface area (Å²) in [7, 11) is 0. The molecule has 0 aliphatic carbocycles. The van der Waals surface area contributed by atoms with E-state index >= 15 is 0 Å². The molecule has 22 heavy (non-hydrogen) atoms. The van der Waals surface area contributed by atoms with E-state index in [2.05, 4.69) is 21.1 Å². The van der Waals surface area contributed by atoms with Gasteiger partial charge in [-0.1, -0.05) is 63.6 Å². The standard InChI is InChI=1S/C17H17BrN2O2/c18-15-11-9-14(10-12-15)17(19)20-22-16(21)8-4-7-13-5-2-1-3-6-13/h1-3,5-6,9-12H,4,7-8H2,(H2,19,20). The Hall–Kier alpha value is -2.14. The Morgan fingerprint density at radius 1 is 1.09 bits per heavy atom. The molecule has 0 aliphatic rings. The molecule has 0 fully saturated rings. The summed E-state index contributed by atoms with van der Waals surface area (Å²) in [4.78, 5) is 16.5. The van der Waals surface area contributed by atoms with E-state index in [0.717, 1.165) is 17.3 Å². The van der Waals surface area contributed by atoms with Crippen molar-refractivity contribution in [1.82, 2.24) is 0 Å². The van der Waals surface area contributed by atoms with Crippen LogP contribution in [0.5, 0.6) is 0 Å². The second kappa shape index (κ2) is 8.34. The molecule has 0 radical (unpaired) electrons. The zero-order chi connectivity index (χ0) is 15.8. The predicted octanol–water partition coefficient (Wildman–Crippen LogP) is 3.64. The van der Waals surface area contributed by atoms with Crippen molar-refractivity contribution < 1.29 is 9.63 Å². The molecule has 0 amide bonds. The maximum atomic E-state index is 11.6. The Labute approximate surface area is 138 Å². The van der Waals surface area contributed by atoms with Crippen LogP contribution in [-0.4, -0.2) is 11.8 Å². The normalized spacial score (nSPS) is 11.2. The van der Waals surface area contributed by atoms with Crippen molar-refractivity contribution >= 4 is 27.7 Å². The first-order chi connectivity index (χ1) is 10.6. The lowest BCUT2D eigenvalue weighted by Crippen LogP contribution is -2.15. The minimum Gasteiger partial charge on any atom is -0.380 e. The van der Waals surface area contributed by atoms with E-state index in [1.165, 1.54) is 5.56 Å². The van der Waals surface area contributed by atoms with E-state index in [0.29, 0.717) is 12.0 Å². The summed E-state index contributed by atoms with van der Waals surface area (Å²) in [5, 5.41) is 3.68. The topological polar surface area (TPSA) is 64.7 Å². The molecule has 4 nitrogen and oxygen atoms in total. The lowest BCUT2D eigenvalue weighted by molar-refractivity contribution is -0.143. The van der Waals surface area contributed by atoms with E-state index in [4.69, 9.17) is 10.6 Å². The zero-order valence-electron chi connectivity index (χ0n) is 12.0. The second-order valence-corrected chi connectivity index (χ2v) is 5.70. The summed E-state index contributed by atoms with van der Waals surface area (Å²) < 4.78 is 0.946. The highest BCUT2D eigenvalue weighted by Crippen LogP contribution is 2.10. The van der Waals surface area contributed by atoms with Gasteiger partial charge in [-0.05, 0) is 30.5 Å². The van der Waals surface area contributed by atoms with Gasteiger partial charge in [0.2, 0.25) is 0 Å². The summed E-state index contributed by atoms with van der Waals surface area (Å²) in [5.41, 5.74) is 7.68. The fraction of sp³-hybridized carbons (Fsp3) is 0.176. The number of oxime groups is 1. The van der Waals surface area contributed by atoms with Gasteiger partial charge in [-0.15, -0.1) is 0 Å². The number of aryl methyl sites for hydroxylation is 1. The average molecular weight is 361 g/mol. The quantitative estimate of drug-likeness (QED) is 0.370. The molecule has 5 heteroatoms. The number of hydrogen-bond acceptors (Lipinski definition) is 3. The van der Waals surface area contributed by atoms with Crippen LogP contribution in [0, 0.1) is 0 Å². The molecule has 2 aromatic carbocycles. The number of nitrogens with zero attached hydrogens (tertiary/aromatic N) is 1. The summed E-state index contributed by atoms with van der Waals surface area (Å²) in [6.45, 7) is 0. The smallest absolute Gasteiger partial charge is 0.335 e. The maximum absolute atomic E-state index is 11.6. The van der Waals surface area contributed by atoms with Gasteiger partial charge in [0.25, 0.3) is 0 Å². The lowest BCUT2D eigenvalue weighted by atomic mass is 10.1. The number of amidine groups is 1. The highest BCUT2D eigenvalue weighted by Gasteiger charge is 2.05. The van der Waals surface area contributed by atoms with Gasteiger partial charge in [0.05, 0.1) is 0 Å². The average Bonchev–Trinajstić information content (AvgIpc) is 2.54. The number of carbonyl (C=O) groups excluding carboxylic acids is 1. The van der Waals surface area contributed by atoms with Gasteiger partial charge in [0.15, 0.2) is 5.84 Å². The molecule has 0 bridgehead atoms. The molecule has 0 saturated heterocycles. The van der Waals surface area contributed by atoms with Crippen molar-refractivity contribution in [3.05, 3.63) is 70.2 Å². The molecule has 2 aromatic rings. The zero-order valence-corrected chi connectivity index (χ0v) is 13.6. The van der Waals surface area contributed by atoms with E-state index in [-0.39, 0.29) is 11.8 Å². The van der Waals surface area contributed by atoms with E-state index in [1.54, 1.807) is 12.1 Å². The fourth-order valence-corrected chi connectivity index (χ4v) is 2.16. The van der Waals surface area contributed by atoms with Crippen LogP contribution in [0.2, 0.25) is 0 Å². The minimum atomic E-state index is -0.379. The summed E-state index contributed by atoms with van der Waals surface area (Å²) >= 11 is 3.34. The SMILES string of the molecule is N/C(=N\OC(=O)CCCc1ccccc1)c1ccc(Br)cc1. The van der Waals surface area contributed by atoms with Crippen LogP contribution in [0.25, 0.3) is 0 Å². The molecule has 114 valence electrons. The van der Waals surface area contributed by atoms with Crippen LogP contribution in [0.15, 0.2) is 64.2 Å². The highest BCUT2D eigenvalue weighted by molar-refractivity contribution is 9.10. The number of benzene rings is 2. The minimum absolute atomic E-state index is 0.184. The van der Waals surface area contributed by atoms with E-state index < -0.39 is 0 Å². The third-order valence-electron chi connectivity index (χ3n) is 3.07.